The molecule has 1 aliphatic heterocycles. The third-order valence-corrected chi connectivity index (χ3v) is 6.47. The Morgan fingerprint density at radius 3 is 2.70 bits per heavy atom. The first kappa shape index (κ1) is 18.9. The van der Waals surface area contributed by atoms with Gasteiger partial charge in [-0.1, -0.05) is 41.6 Å². The molecular formula is C25H26N2O3. The van der Waals surface area contributed by atoms with Gasteiger partial charge in [-0.15, -0.1) is 0 Å². The lowest BCUT2D eigenvalue weighted by atomic mass is 9.88. The number of methoxy groups -OCH3 is 1. The Hall–Kier alpha value is -3.08. The number of likely N-dealkylation sites (tertiary alicyclic amines) is 1. The summed E-state index contributed by atoms with van der Waals surface area (Å²) in [6.07, 6.45) is 4.80. The van der Waals surface area contributed by atoms with Gasteiger partial charge in [-0.3, -0.25) is 4.79 Å². The maximum Gasteiger partial charge on any atom is 0.276 e. The van der Waals surface area contributed by atoms with E-state index in [0.717, 1.165) is 67.8 Å². The molecule has 0 N–H and O–H groups in total. The van der Waals surface area contributed by atoms with Gasteiger partial charge in [0.25, 0.3) is 5.91 Å². The molecule has 3 aromatic rings. The van der Waals surface area contributed by atoms with E-state index in [0.29, 0.717) is 11.6 Å². The molecule has 5 heteroatoms. The first-order valence-corrected chi connectivity index (χ1v) is 10.7. The van der Waals surface area contributed by atoms with Gasteiger partial charge < -0.3 is 14.2 Å². The van der Waals surface area contributed by atoms with Crippen LogP contribution in [-0.2, 0) is 19.3 Å². The van der Waals surface area contributed by atoms with Gasteiger partial charge in [-0.2, -0.15) is 0 Å². The summed E-state index contributed by atoms with van der Waals surface area (Å²) in [5, 5.41) is 4.21. The van der Waals surface area contributed by atoms with Crippen molar-refractivity contribution in [3.63, 3.8) is 0 Å². The first-order chi connectivity index (χ1) is 14.7. The summed E-state index contributed by atoms with van der Waals surface area (Å²) in [5.74, 6) is 2.13. The van der Waals surface area contributed by atoms with Crippen molar-refractivity contribution in [2.24, 2.45) is 5.92 Å². The zero-order valence-electron chi connectivity index (χ0n) is 17.3. The van der Waals surface area contributed by atoms with Crippen LogP contribution >= 0.6 is 0 Å². The van der Waals surface area contributed by atoms with Crippen LogP contribution in [0, 0.1) is 5.92 Å². The average molecular weight is 402 g/mol. The molecule has 0 spiro atoms. The molecule has 1 aromatic heterocycles. The number of fused-ring (bicyclic) bond motifs is 3. The maximum absolute atomic E-state index is 13.2. The highest BCUT2D eigenvalue weighted by molar-refractivity contribution is 5.95. The Morgan fingerprint density at radius 2 is 1.93 bits per heavy atom. The number of carbonyl (C=O) groups is 1. The number of aromatic nitrogens is 1. The highest BCUT2D eigenvalue weighted by Crippen LogP contribution is 2.38. The molecular weight excluding hydrogens is 376 g/mol. The van der Waals surface area contributed by atoms with Gasteiger partial charge in [0, 0.05) is 24.2 Å². The van der Waals surface area contributed by atoms with Crippen molar-refractivity contribution < 1.29 is 14.1 Å². The predicted octanol–water partition coefficient (Wildman–Crippen LogP) is 4.54. The fourth-order valence-electron chi connectivity index (χ4n) is 4.73. The Kier molecular flexibility index (Phi) is 5.03. The molecule has 1 saturated heterocycles. The van der Waals surface area contributed by atoms with Gasteiger partial charge in [0.2, 0.25) is 0 Å². The summed E-state index contributed by atoms with van der Waals surface area (Å²) < 4.78 is 11.0. The number of piperidine rings is 1. The second kappa shape index (κ2) is 7.98. The molecule has 0 radical (unpaired) electrons. The quantitative estimate of drug-likeness (QED) is 0.643. The molecule has 0 atom stereocenters. The molecule has 154 valence electrons. The van der Waals surface area contributed by atoms with Crippen molar-refractivity contribution in [1.82, 2.24) is 10.1 Å². The highest BCUT2D eigenvalue weighted by atomic mass is 16.5. The van der Waals surface area contributed by atoms with Crippen LogP contribution < -0.4 is 4.74 Å². The highest BCUT2D eigenvalue weighted by Gasteiger charge is 2.32. The second-order valence-electron chi connectivity index (χ2n) is 8.29. The van der Waals surface area contributed by atoms with E-state index in [1.807, 2.05) is 17.0 Å². The third-order valence-electron chi connectivity index (χ3n) is 6.47. The predicted molar refractivity (Wildman–Crippen MR) is 115 cm³/mol. The molecule has 0 bridgehead atoms. The minimum Gasteiger partial charge on any atom is -0.497 e. The smallest absolute Gasteiger partial charge is 0.276 e. The average Bonchev–Trinajstić information content (AvgIpc) is 3.24. The van der Waals surface area contributed by atoms with Crippen molar-refractivity contribution in [1.29, 1.82) is 0 Å². The van der Waals surface area contributed by atoms with Crippen molar-refractivity contribution in [2.45, 2.75) is 32.1 Å². The number of hydrogen-bond acceptors (Lipinski definition) is 4. The Morgan fingerprint density at radius 1 is 1.13 bits per heavy atom. The van der Waals surface area contributed by atoms with Crippen LogP contribution in [0.1, 0.15) is 40.0 Å². The van der Waals surface area contributed by atoms with Crippen LogP contribution in [0.15, 0.2) is 53.1 Å². The lowest BCUT2D eigenvalue weighted by Crippen LogP contribution is -2.39. The monoisotopic (exact) mass is 402 g/mol. The standard InChI is InChI=1S/C25H26N2O3/c1-29-20-9-7-19-8-10-21-23(26-30-24(21)22(19)16-20)25(28)27-13-11-18(12-14-27)15-17-5-3-2-4-6-17/h2-7,9,16,18H,8,10-15H2,1H3. The molecule has 1 amide bonds. The largest absolute Gasteiger partial charge is 0.497 e. The van der Waals surface area contributed by atoms with E-state index in [4.69, 9.17) is 9.26 Å². The van der Waals surface area contributed by atoms with Crippen LogP contribution in [0.2, 0.25) is 0 Å². The Bertz CT molecular complexity index is 1050. The lowest BCUT2D eigenvalue weighted by molar-refractivity contribution is 0.0679. The van der Waals surface area contributed by atoms with Gasteiger partial charge in [0.05, 0.1) is 7.11 Å². The fourth-order valence-corrected chi connectivity index (χ4v) is 4.73. The van der Waals surface area contributed by atoms with E-state index >= 15 is 0 Å². The molecule has 1 aliphatic carbocycles. The summed E-state index contributed by atoms with van der Waals surface area (Å²) in [6, 6.07) is 16.6. The van der Waals surface area contributed by atoms with Crippen LogP contribution in [-0.4, -0.2) is 36.2 Å². The van der Waals surface area contributed by atoms with Gasteiger partial charge >= 0.3 is 0 Å². The maximum atomic E-state index is 13.2. The summed E-state index contributed by atoms with van der Waals surface area (Å²) in [4.78, 5) is 15.2. The van der Waals surface area contributed by atoms with Crippen molar-refractivity contribution in [3.05, 3.63) is 70.9 Å². The van der Waals surface area contributed by atoms with Crippen molar-refractivity contribution in [2.75, 3.05) is 20.2 Å². The fraction of sp³-hybridized carbons (Fsp3) is 0.360. The van der Waals surface area contributed by atoms with E-state index in [-0.39, 0.29) is 5.91 Å². The number of ether oxygens (including phenoxy) is 1. The topological polar surface area (TPSA) is 55.6 Å². The van der Waals surface area contributed by atoms with Gasteiger partial charge in [-0.05, 0) is 61.3 Å². The molecule has 2 heterocycles. The van der Waals surface area contributed by atoms with Crippen molar-refractivity contribution >= 4 is 5.91 Å². The summed E-state index contributed by atoms with van der Waals surface area (Å²) in [7, 11) is 1.65. The van der Waals surface area contributed by atoms with Gasteiger partial charge in [0.15, 0.2) is 11.5 Å². The molecule has 1 fully saturated rings. The molecule has 2 aromatic carbocycles. The number of nitrogens with zero attached hydrogens (tertiary/aromatic N) is 2. The number of rotatable bonds is 4. The van der Waals surface area contributed by atoms with Crippen LogP contribution in [0.3, 0.4) is 0 Å². The SMILES string of the molecule is COc1ccc2c(c1)-c1onc(C(=O)N3CCC(Cc4ccccc4)CC3)c1CC2. The van der Waals surface area contributed by atoms with Crippen LogP contribution in [0.25, 0.3) is 11.3 Å². The lowest BCUT2D eigenvalue weighted by Gasteiger charge is -2.32. The van der Waals surface area contributed by atoms with E-state index in [9.17, 15) is 4.79 Å². The summed E-state index contributed by atoms with van der Waals surface area (Å²) in [5.41, 5.74) is 5.00. The number of amides is 1. The molecule has 5 rings (SSSR count). The van der Waals surface area contributed by atoms with Crippen LogP contribution in [0.5, 0.6) is 5.75 Å². The summed E-state index contributed by atoms with van der Waals surface area (Å²) >= 11 is 0. The molecule has 0 unspecified atom stereocenters. The van der Waals surface area contributed by atoms with Crippen molar-refractivity contribution in [3.8, 4) is 17.1 Å². The third kappa shape index (κ3) is 3.49. The van der Waals surface area contributed by atoms with E-state index in [1.165, 1.54) is 11.1 Å². The first-order valence-electron chi connectivity index (χ1n) is 10.7. The number of carbonyl (C=O) groups excluding carboxylic acids is 1. The minimum atomic E-state index is 0.00417. The molecule has 5 nitrogen and oxygen atoms in total. The van der Waals surface area contributed by atoms with Gasteiger partial charge in [-0.25, -0.2) is 0 Å². The molecule has 2 aliphatic rings. The van der Waals surface area contributed by atoms with E-state index < -0.39 is 0 Å². The normalized spacial score (nSPS) is 16.1. The van der Waals surface area contributed by atoms with E-state index in [2.05, 4.69) is 41.6 Å². The zero-order valence-corrected chi connectivity index (χ0v) is 17.3. The van der Waals surface area contributed by atoms with Crippen LogP contribution in [0.4, 0.5) is 0 Å². The number of benzene rings is 2. The summed E-state index contributed by atoms with van der Waals surface area (Å²) in [6.45, 7) is 1.56. The minimum absolute atomic E-state index is 0.00417. The number of aryl methyl sites for hydroxylation is 1. The van der Waals surface area contributed by atoms with E-state index in [1.54, 1.807) is 7.11 Å². The molecule has 0 saturated carbocycles. The molecule has 30 heavy (non-hydrogen) atoms. The number of hydrogen-bond donors (Lipinski definition) is 0. The zero-order chi connectivity index (χ0) is 20.5. The second-order valence-corrected chi connectivity index (χ2v) is 8.29. The van der Waals surface area contributed by atoms with Gasteiger partial charge in [0.1, 0.15) is 5.75 Å². The Balaban J connectivity index is 1.30. The Labute approximate surface area is 176 Å².